The lowest BCUT2D eigenvalue weighted by Gasteiger charge is -2.33. The Labute approximate surface area is 119 Å². The fraction of sp³-hybridized carbons (Fsp3) is 0.786. The maximum Gasteiger partial charge on any atom is 0.125 e. The minimum Gasteiger partial charge on any atom is -0.381 e. The van der Waals surface area contributed by atoms with E-state index in [2.05, 4.69) is 24.1 Å². The normalized spacial score (nSPS) is 18.9. The van der Waals surface area contributed by atoms with Gasteiger partial charge in [-0.05, 0) is 12.5 Å². The first-order chi connectivity index (χ1) is 9.16. The van der Waals surface area contributed by atoms with Gasteiger partial charge < -0.3 is 14.8 Å². The summed E-state index contributed by atoms with van der Waals surface area (Å²) in [6.45, 7) is 7.88. The van der Waals surface area contributed by atoms with Crippen molar-refractivity contribution in [3.63, 3.8) is 0 Å². The molecule has 2 rings (SSSR count). The highest BCUT2D eigenvalue weighted by Crippen LogP contribution is 2.37. The molecular weight excluding hydrogens is 260 g/mol. The fourth-order valence-corrected chi connectivity index (χ4v) is 3.40. The molecule has 0 aliphatic carbocycles. The molecule has 0 aromatic carbocycles. The van der Waals surface area contributed by atoms with Gasteiger partial charge >= 0.3 is 0 Å². The monoisotopic (exact) mass is 284 g/mol. The van der Waals surface area contributed by atoms with Gasteiger partial charge in [-0.25, -0.2) is 4.98 Å². The Kier molecular flexibility index (Phi) is 5.33. The third-order valence-electron chi connectivity index (χ3n) is 3.49. The van der Waals surface area contributed by atoms with E-state index < -0.39 is 0 Å². The van der Waals surface area contributed by atoms with Gasteiger partial charge in [0.15, 0.2) is 0 Å². The predicted molar refractivity (Wildman–Crippen MR) is 77.4 cm³/mol. The van der Waals surface area contributed by atoms with Gasteiger partial charge in [0.1, 0.15) is 10.6 Å². The predicted octanol–water partition coefficient (Wildman–Crippen LogP) is 2.54. The molecule has 0 bridgehead atoms. The summed E-state index contributed by atoms with van der Waals surface area (Å²) in [5, 5.41) is 4.55. The molecule has 1 aliphatic heterocycles. The number of nitrogens with one attached hydrogen (secondary N) is 1. The van der Waals surface area contributed by atoms with Crippen molar-refractivity contribution in [2.75, 3.05) is 26.9 Å². The van der Waals surface area contributed by atoms with Gasteiger partial charge in [0.05, 0.1) is 0 Å². The van der Waals surface area contributed by atoms with Crippen molar-refractivity contribution in [1.82, 2.24) is 10.3 Å². The third kappa shape index (κ3) is 3.75. The average Bonchev–Trinajstić information content (AvgIpc) is 2.88. The summed E-state index contributed by atoms with van der Waals surface area (Å²) >= 11 is 1.76. The average molecular weight is 284 g/mol. The molecule has 1 aromatic heterocycles. The largest absolute Gasteiger partial charge is 0.381 e. The smallest absolute Gasteiger partial charge is 0.125 e. The molecule has 0 saturated carbocycles. The summed E-state index contributed by atoms with van der Waals surface area (Å²) in [6.07, 6.45) is 3.77. The fourth-order valence-electron chi connectivity index (χ4n) is 2.29. The van der Waals surface area contributed by atoms with Crippen LogP contribution >= 0.6 is 11.3 Å². The van der Waals surface area contributed by atoms with Crippen molar-refractivity contribution in [2.45, 2.75) is 38.8 Å². The van der Waals surface area contributed by atoms with Crippen LogP contribution in [0.15, 0.2) is 6.20 Å². The lowest BCUT2D eigenvalue weighted by atomic mass is 9.95. The molecule has 1 aromatic rings. The van der Waals surface area contributed by atoms with Gasteiger partial charge in [-0.2, -0.15) is 0 Å². The third-order valence-corrected chi connectivity index (χ3v) is 4.67. The minimum atomic E-state index is -0.223. The van der Waals surface area contributed by atoms with Gasteiger partial charge in [0.25, 0.3) is 0 Å². The number of ether oxygens (including phenoxy) is 2. The van der Waals surface area contributed by atoms with Crippen LogP contribution in [-0.4, -0.2) is 31.9 Å². The zero-order chi connectivity index (χ0) is 13.7. The SMILES string of the molecule is COC1(c2ncc(CNCC(C)C)s2)CCOCC1. The van der Waals surface area contributed by atoms with Gasteiger partial charge in [-0.3, -0.25) is 0 Å². The van der Waals surface area contributed by atoms with Crippen molar-refractivity contribution in [1.29, 1.82) is 0 Å². The Morgan fingerprint density at radius 2 is 2.21 bits per heavy atom. The van der Waals surface area contributed by atoms with Crippen LogP contribution < -0.4 is 5.32 Å². The Morgan fingerprint density at radius 3 is 2.84 bits per heavy atom. The summed E-state index contributed by atoms with van der Waals surface area (Å²) in [7, 11) is 1.78. The molecule has 0 amide bonds. The van der Waals surface area contributed by atoms with E-state index in [1.165, 1.54) is 4.88 Å². The number of hydrogen-bond donors (Lipinski definition) is 1. The van der Waals surface area contributed by atoms with Gasteiger partial charge in [0, 0.05) is 50.8 Å². The zero-order valence-corrected chi connectivity index (χ0v) is 12.9. The van der Waals surface area contributed by atoms with E-state index in [1.807, 2.05) is 6.20 Å². The Morgan fingerprint density at radius 1 is 1.47 bits per heavy atom. The van der Waals surface area contributed by atoms with Gasteiger partial charge in [0.2, 0.25) is 0 Å². The van der Waals surface area contributed by atoms with Crippen LogP contribution in [-0.2, 0) is 21.6 Å². The summed E-state index contributed by atoms with van der Waals surface area (Å²) in [5.41, 5.74) is -0.223. The van der Waals surface area contributed by atoms with Crippen LogP contribution in [0.1, 0.15) is 36.6 Å². The number of methoxy groups -OCH3 is 1. The standard InChI is InChI=1S/C14H24N2O2S/c1-11(2)8-15-9-12-10-16-13(19-12)14(17-3)4-6-18-7-5-14/h10-11,15H,4-9H2,1-3H3. The number of aromatic nitrogens is 1. The van der Waals surface area contributed by atoms with Crippen LogP contribution in [0.4, 0.5) is 0 Å². The van der Waals surface area contributed by atoms with Crippen LogP contribution in [0.5, 0.6) is 0 Å². The highest BCUT2D eigenvalue weighted by molar-refractivity contribution is 7.11. The summed E-state index contributed by atoms with van der Waals surface area (Å²) in [4.78, 5) is 5.86. The molecule has 19 heavy (non-hydrogen) atoms. The molecular formula is C14H24N2O2S. The second-order valence-corrected chi connectivity index (χ2v) is 6.58. The van der Waals surface area contributed by atoms with Crippen LogP contribution in [0.2, 0.25) is 0 Å². The minimum absolute atomic E-state index is 0.223. The summed E-state index contributed by atoms with van der Waals surface area (Å²) < 4.78 is 11.2. The number of nitrogens with zero attached hydrogens (tertiary/aromatic N) is 1. The Hall–Kier alpha value is -0.490. The number of hydrogen-bond acceptors (Lipinski definition) is 5. The molecule has 108 valence electrons. The van der Waals surface area contributed by atoms with E-state index in [0.717, 1.165) is 44.2 Å². The molecule has 4 nitrogen and oxygen atoms in total. The van der Waals surface area contributed by atoms with Crippen LogP contribution in [0, 0.1) is 5.92 Å². The molecule has 0 unspecified atom stereocenters. The zero-order valence-electron chi connectivity index (χ0n) is 12.1. The second kappa shape index (κ2) is 6.79. The van der Waals surface area contributed by atoms with Crippen molar-refractivity contribution >= 4 is 11.3 Å². The van der Waals surface area contributed by atoms with E-state index >= 15 is 0 Å². The van der Waals surface area contributed by atoms with E-state index in [0.29, 0.717) is 5.92 Å². The van der Waals surface area contributed by atoms with Crippen molar-refractivity contribution in [2.24, 2.45) is 5.92 Å². The molecule has 0 atom stereocenters. The lowest BCUT2D eigenvalue weighted by molar-refractivity contribution is -0.0948. The molecule has 1 saturated heterocycles. The first-order valence-electron chi connectivity index (χ1n) is 6.95. The number of thiazole rings is 1. The molecule has 5 heteroatoms. The van der Waals surface area contributed by atoms with Gasteiger partial charge in [-0.15, -0.1) is 11.3 Å². The first kappa shape index (κ1) is 14.9. The van der Waals surface area contributed by atoms with E-state index in [9.17, 15) is 0 Å². The summed E-state index contributed by atoms with van der Waals surface area (Å²) in [6, 6.07) is 0. The molecule has 2 heterocycles. The summed E-state index contributed by atoms with van der Waals surface area (Å²) in [5.74, 6) is 0.674. The Balaban J connectivity index is 1.98. The van der Waals surface area contributed by atoms with Crippen LogP contribution in [0.25, 0.3) is 0 Å². The van der Waals surface area contributed by atoms with Gasteiger partial charge in [-0.1, -0.05) is 13.8 Å². The second-order valence-electron chi connectivity index (χ2n) is 5.47. The highest BCUT2D eigenvalue weighted by atomic mass is 32.1. The van der Waals surface area contributed by atoms with Crippen molar-refractivity contribution < 1.29 is 9.47 Å². The molecule has 0 spiro atoms. The van der Waals surface area contributed by atoms with E-state index in [1.54, 1.807) is 18.4 Å². The first-order valence-corrected chi connectivity index (χ1v) is 7.77. The molecule has 1 aliphatic rings. The maximum atomic E-state index is 5.77. The van der Waals surface area contributed by atoms with Crippen molar-refractivity contribution in [3.8, 4) is 0 Å². The molecule has 0 radical (unpaired) electrons. The number of rotatable bonds is 6. The quantitative estimate of drug-likeness (QED) is 0.872. The highest BCUT2D eigenvalue weighted by Gasteiger charge is 2.37. The molecule has 1 N–H and O–H groups in total. The molecule has 1 fully saturated rings. The van der Waals surface area contributed by atoms with E-state index in [-0.39, 0.29) is 5.60 Å². The van der Waals surface area contributed by atoms with Crippen molar-refractivity contribution in [3.05, 3.63) is 16.1 Å². The lowest BCUT2D eigenvalue weighted by Crippen LogP contribution is -2.35. The van der Waals surface area contributed by atoms with Crippen LogP contribution in [0.3, 0.4) is 0 Å². The van der Waals surface area contributed by atoms with E-state index in [4.69, 9.17) is 9.47 Å². The maximum absolute atomic E-state index is 5.77. The topological polar surface area (TPSA) is 43.4 Å². The Bertz CT molecular complexity index is 387.